The molecule has 1 aromatic rings. The van der Waals surface area contributed by atoms with Crippen LogP contribution in [0, 0.1) is 0 Å². The molecule has 74 valence electrons. The Bertz CT molecular complexity index is 290. The van der Waals surface area contributed by atoms with Crippen molar-refractivity contribution in [1.82, 2.24) is 9.66 Å². The summed E-state index contributed by atoms with van der Waals surface area (Å²) in [5.41, 5.74) is 5.98. The monoisotopic (exact) mass is 184 g/mol. The fraction of sp³-hybridized carbons (Fsp3) is 0.625. The first-order valence-electron chi connectivity index (χ1n) is 4.18. The van der Waals surface area contributed by atoms with Gasteiger partial charge in [-0.25, -0.2) is 9.66 Å². The van der Waals surface area contributed by atoms with Gasteiger partial charge >= 0.3 is 0 Å². The largest absolute Gasteiger partial charge is 0.382 e. The predicted molar refractivity (Wildman–Crippen MR) is 51.4 cm³/mol. The minimum Gasteiger partial charge on any atom is -0.382 e. The van der Waals surface area contributed by atoms with Crippen molar-refractivity contribution in [3.05, 3.63) is 12.0 Å². The molecule has 1 atom stereocenters. The summed E-state index contributed by atoms with van der Waals surface area (Å²) in [5, 5.41) is 0. The molecule has 13 heavy (non-hydrogen) atoms. The Kier molecular flexibility index (Phi) is 2.47. The zero-order valence-corrected chi connectivity index (χ0v) is 8.24. The molecular weight excluding hydrogens is 168 g/mol. The van der Waals surface area contributed by atoms with E-state index in [2.05, 4.69) is 4.98 Å². The number of hydrogen-bond acceptors (Lipinski definition) is 4. The zero-order valence-electron chi connectivity index (χ0n) is 8.24. The Labute approximate surface area is 77.7 Å². The molecule has 5 heteroatoms. The predicted octanol–water partition coefficient (Wildman–Crippen LogP) is 0.451. The number of nitrogens with zero attached hydrogens (tertiary/aromatic N) is 2. The van der Waals surface area contributed by atoms with E-state index in [4.69, 9.17) is 16.3 Å². The fourth-order valence-corrected chi connectivity index (χ4v) is 1.19. The van der Waals surface area contributed by atoms with Gasteiger partial charge in [0.15, 0.2) is 0 Å². The molecule has 0 aliphatic carbocycles. The number of nitrogen functional groups attached to an aromatic ring is 2. The van der Waals surface area contributed by atoms with Gasteiger partial charge in [0.1, 0.15) is 23.4 Å². The van der Waals surface area contributed by atoms with E-state index in [1.165, 1.54) is 11.0 Å². The van der Waals surface area contributed by atoms with Gasteiger partial charge in [-0.05, 0) is 13.3 Å². The Balaban J connectivity index is 3.12. The normalized spacial score (nSPS) is 15.6. The number of anilines is 1. The van der Waals surface area contributed by atoms with Crippen LogP contribution in [0.15, 0.2) is 6.33 Å². The number of nitrogens with two attached hydrogens (primary N) is 2. The molecule has 0 spiro atoms. The SMILES string of the molecule is CCC(C)(OC)c1ncn(N)c1N. The molecule has 0 bridgehead atoms. The molecule has 1 heterocycles. The van der Waals surface area contributed by atoms with E-state index in [1.807, 2.05) is 13.8 Å². The highest BCUT2D eigenvalue weighted by molar-refractivity contribution is 5.39. The summed E-state index contributed by atoms with van der Waals surface area (Å²) in [5.74, 6) is 5.97. The van der Waals surface area contributed by atoms with Crippen LogP contribution in [-0.2, 0) is 10.3 Å². The van der Waals surface area contributed by atoms with Crippen LogP contribution in [0.2, 0.25) is 0 Å². The van der Waals surface area contributed by atoms with E-state index in [-0.39, 0.29) is 0 Å². The van der Waals surface area contributed by atoms with Crippen LogP contribution in [0.1, 0.15) is 26.0 Å². The van der Waals surface area contributed by atoms with Crippen molar-refractivity contribution in [2.45, 2.75) is 25.9 Å². The van der Waals surface area contributed by atoms with Crippen LogP contribution in [0.5, 0.6) is 0 Å². The number of rotatable bonds is 3. The molecule has 0 saturated heterocycles. The van der Waals surface area contributed by atoms with E-state index in [9.17, 15) is 0 Å². The number of imidazole rings is 1. The summed E-state index contributed by atoms with van der Waals surface area (Å²) in [6.45, 7) is 3.95. The van der Waals surface area contributed by atoms with Crippen LogP contribution in [0.3, 0.4) is 0 Å². The Hall–Kier alpha value is -1.23. The van der Waals surface area contributed by atoms with Crippen molar-refractivity contribution in [2.75, 3.05) is 18.7 Å². The molecule has 5 nitrogen and oxygen atoms in total. The second kappa shape index (κ2) is 3.26. The molecule has 4 N–H and O–H groups in total. The lowest BCUT2D eigenvalue weighted by Gasteiger charge is -2.24. The Morgan fingerprint density at radius 2 is 2.31 bits per heavy atom. The zero-order chi connectivity index (χ0) is 10.1. The number of methoxy groups -OCH3 is 1. The van der Waals surface area contributed by atoms with Crippen molar-refractivity contribution < 1.29 is 4.74 Å². The van der Waals surface area contributed by atoms with Crippen molar-refractivity contribution >= 4 is 5.82 Å². The summed E-state index contributed by atoms with van der Waals surface area (Å²) in [6, 6.07) is 0. The summed E-state index contributed by atoms with van der Waals surface area (Å²) in [6.07, 6.45) is 2.28. The lowest BCUT2D eigenvalue weighted by atomic mass is 9.99. The average Bonchev–Trinajstić information content (AvgIpc) is 2.47. The van der Waals surface area contributed by atoms with Gasteiger partial charge in [0, 0.05) is 7.11 Å². The molecule has 0 aliphatic rings. The van der Waals surface area contributed by atoms with E-state index in [1.54, 1.807) is 7.11 Å². The highest BCUT2D eigenvalue weighted by atomic mass is 16.5. The highest BCUT2D eigenvalue weighted by Crippen LogP contribution is 2.30. The lowest BCUT2D eigenvalue weighted by Crippen LogP contribution is -2.25. The third kappa shape index (κ3) is 1.47. The number of hydrogen-bond donors (Lipinski definition) is 2. The quantitative estimate of drug-likeness (QED) is 0.668. The molecule has 1 unspecified atom stereocenters. The van der Waals surface area contributed by atoms with Gasteiger partial charge in [-0.2, -0.15) is 0 Å². The summed E-state index contributed by atoms with van der Waals surface area (Å²) >= 11 is 0. The second-order valence-corrected chi connectivity index (χ2v) is 3.17. The third-order valence-electron chi connectivity index (χ3n) is 2.46. The van der Waals surface area contributed by atoms with Gasteiger partial charge in [0.2, 0.25) is 0 Å². The van der Waals surface area contributed by atoms with Crippen LogP contribution in [0.25, 0.3) is 0 Å². The van der Waals surface area contributed by atoms with Crippen molar-refractivity contribution in [3.63, 3.8) is 0 Å². The maximum absolute atomic E-state index is 5.74. The summed E-state index contributed by atoms with van der Waals surface area (Å²) in [4.78, 5) is 4.12. The molecule has 0 saturated carbocycles. The molecule has 0 aliphatic heterocycles. The van der Waals surface area contributed by atoms with Gasteiger partial charge in [-0.1, -0.05) is 6.92 Å². The molecular formula is C8H16N4O. The molecule has 0 amide bonds. The molecule has 1 aromatic heterocycles. The van der Waals surface area contributed by atoms with Gasteiger partial charge in [0.25, 0.3) is 0 Å². The topological polar surface area (TPSA) is 79.1 Å². The van der Waals surface area contributed by atoms with Gasteiger partial charge in [-0.3, -0.25) is 0 Å². The van der Waals surface area contributed by atoms with Gasteiger partial charge in [-0.15, -0.1) is 0 Å². The van der Waals surface area contributed by atoms with E-state index < -0.39 is 5.60 Å². The lowest BCUT2D eigenvalue weighted by molar-refractivity contribution is -0.00407. The van der Waals surface area contributed by atoms with Gasteiger partial charge < -0.3 is 16.3 Å². The molecule has 1 rings (SSSR count). The highest BCUT2D eigenvalue weighted by Gasteiger charge is 2.29. The summed E-state index contributed by atoms with van der Waals surface area (Å²) < 4.78 is 6.65. The average molecular weight is 184 g/mol. The van der Waals surface area contributed by atoms with Gasteiger partial charge in [0.05, 0.1) is 0 Å². The first kappa shape index (κ1) is 9.85. The first-order valence-corrected chi connectivity index (χ1v) is 4.18. The molecule has 0 fully saturated rings. The van der Waals surface area contributed by atoms with Crippen LogP contribution in [-0.4, -0.2) is 16.8 Å². The fourth-order valence-electron chi connectivity index (χ4n) is 1.19. The number of ether oxygens (including phenoxy) is 1. The van der Waals surface area contributed by atoms with Crippen molar-refractivity contribution in [1.29, 1.82) is 0 Å². The maximum atomic E-state index is 5.74. The third-order valence-corrected chi connectivity index (χ3v) is 2.46. The van der Waals surface area contributed by atoms with E-state index >= 15 is 0 Å². The van der Waals surface area contributed by atoms with Crippen LogP contribution >= 0.6 is 0 Å². The number of aromatic nitrogens is 2. The van der Waals surface area contributed by atoms with Crippen LogP contribution < -0.4 is 11.6 Å². The van der Waals surface area contributed by atoms with Crippen LogP contribution in [0.4, 0.5) is 5.82 Å². The minimum absolute atomic E-state index is 0.450. The maximum Gasteiger partial charge on any atom is 0.148 e. The molecule has 0 aromatic carbocycles. The summed E-state index contributed by atoms with van der Waals surface area (Å²) in [7, 11) is 1.64. The standard InChI is InChI=1S/C8H16N4O/c1-4-8(2,13-3)6-7(9)12(10)5-11-6/h5H,4,9-10H2,1-3H3. The molecule has 0 radical (unpaired) electrons. The first-order chi connectivity index (χ1) is 6.05. The Morgan fingerprint density at radius 1 is 1.69 bits per heavy atom. The Morgan fingerprint density at radius 3 is 2.62 bits per heavy atom. The minimum atomic E-state index is -0.450. The van der Waals surface area contributed by atoms with Crippen molar-refractivity contribution in [2.24, 2.45) is 0 Å². The van der Waals surface area contributed by atoms with Crippen molar-refractivity contribution in [3.8, 4) is 0 Å². The van der Waals surface area contributed by atoms with E-state index in [0.717, 1.165) is 6.42 Å². The van der Waals surface area contributed by atoms with E-state index in [0.29, 0.717) is 11.5 Å². The smallest absolute Gasteiger partial charge is 0.148 e. The second-order valence-electron chi connectivity index (χ2n) is 3.17.